The van der Waals surface area contributed by atoms with E-state index in [9.17, 15) is 4.79 Å². The molecule has 0 aliphatic rings. The third-order valence-corrected chi connectivity index (χ3v) is 3.37. The minimum atomic E-state index is -0.213. The number of methoxy groups -OCH3 is 1. The van der Waals surface area contributed by atoms with Crippen molar-refractivity contribution in [2.45, 2.75) is 6.42 Å². The summed E-state index contributed by atoms with van der Waals surface area (Å²) in [6, 6.07) is 7.70. The highest BCUT2D eigenvalue weighted by atomic mass is 35.5. The summed E-state index contributed by atoms with van der Waals surface area (Å²) in [5.41, 5.74) is 1.60. The van der Waals surface area contributed by atoms with Crippen molar-refractivity contribution in [1.82, 2.24) is 15.3 Å². The fourth-order valence-electron chi connectivity index (χ4n) is 1.87. The second kappa shape index (κ2) is 9.07. The number of hydrogen-bond acceptors (Lipinski definition) is 5. The van der Waals surface area contributed by atoms with Crippen LogP contribution in [0.3, 0.4) is 0 Å². The Balaban J connectivity index is 1.78. The van der Waals surface area contributed by atoms with Crippen LogP contribution in [-0.2, 0) is 11.2 Å². The molecule has 0 unspecified atom stereocenters. The van der Waals surface area contributed by atoms with Crippen LogP contribution in [0.5, 0.6) is 0 Å². The summed E-state index contributed by atoms with van der Waals surface area (Å²) in [5.74, 6) is 0.280. The van der Waals surface area contributed by atoms with Crippen molar-refractivity contribution >= 4 is 23.5 Å². The highest BCUT2D eigenvalue weighted by Crippen LogP contribution is 2.10. The van der Waals surface area contributed by atoms with E-state index in [1.165, 1.54) is 18.0 Å². The Kier molecular flexibility index (Phi) is 6.77. The largest absolute Gasteiger partial charge is 0.383 e. The summed E-state index contributed by atoms with van der Waals surface area (Å²) in [4.78, 5) is 20.1. The molecule has 2 aromatic rings. The van der Waals surface area contributed by atoms with Gasteiger partial charge in [-0.1, -0.05) is 23.7 Å². The van der Waals surface area contributed by atoms with Gasteiger partial charge in [-0.3, -0.25) is 4.79 Å². The van der Waals surface area contributed by atoms with Gasteiger partial charge in [-0.2, -0.15) is 0 Å². The van der Waals surface area contributed by atoms with Gasteiger partial charge in [0.25, 0.3) is 5.91 Å². The Hall–Kier alpha value is -2.18. The summed E-state index contributed by atoms with van der Waals surface area (Å²) in [5, 5.41) is 6.56. The molecule has 0 atom stereocenters. The smallest absolute Gasteiger partial charge is 0.254 e. The van der Waals surface area contributed by atoms with Crippen molar-refractivity contribution in [2.75, 3.05) is 32.1 Å². The lowest BCUT2D eigenvalue weighted by Gasteiger charge is -2.06. The first-order chi connectivity index (χ1) is 11.2. The first-order valence-corrected chi connectivity index (χ1v) is 7.64. The van der Waals surface area contributed by atoms with Crippen LogP contribution in [0.15, 0.2) is 36.7 Å². The number of anilines is 1. The lowest BCUT2D eigenvalue weighted by Crippen LogP contribution is -2.27. The molecule has 1 aromatic carbocycles. The van der Waals surface area contributed by atoms with Crippen molar-refractivity contribution in [3.05, 3.63) is 52.8 Å². The molecule has 7 heteroatoms. The molecule has 0 saturated heterocycles. The van der Waals surface area contributed by atoms with Crippen molar-refractivity contribution in [3.8, 4) is 0 Å². The highest BCUT2D eigenvalue weighted by molar-refractivity contribution is 6.30. The van der Waals surface area contributed by atoms with Crippen LogP contribution in [-0.4, -0.2) is 42.7 Å². The minimum absolute atomic E-state index is 0.213. The third-order valence-electron chi connectivity index (χ3n) is 3.12. The molecular formula is C16H19ClN4O2. The number of benzene rings is 1. The molecule has 1 amide bonds. The molecule has 0 radical (unpaired) electrons. The monoisotopic (exact) mass is 334 g/mol. The lowest BCUT2D eigenvalue weighted by atomic mass is 10.1. The molecule has 1 aromatic heterocycles. The predicted molar refractivity (Wildman–Crippen MR) is 89.9 cm³/mol. The SMILES string of the molecule is COCCNC(=O)c1cnc(NCCc2ccc(Cl)cc2)nc1. The summed E-state index contributed by atoms with van der Waals surface area (Å²) in [6.45, 7) is 1.62. The van der Waals surface area contributed by atoms with E-state index in [4.69, 9.17) is 16.3 Å². The van der Waals surface area contributed by atoms with Gasteiger partial charge in [0.2, 0.25) is 5.95 Å². The topological polar surface area (TPSA) is 76.1 Å². The number of hydrogen-bond donors (Lipinski definition) is 2. The Morgan fingerprint density at radius 1 is 1.17 bits per heavy atom. The quantitative estimate of drug-likeness (QED) is 0.723. The third kappa shape index (κ3) is 5.84. The van der Waals surface area contributed by atoms with Crippen LogP contribution < -0.4 is 10.6 Å². The van der Waals surface area contributed by atoms with Gasteiger partial charge in [0.1, 0.15) is 0 Å². The summed E-state index contributed by atoms with van der Waals surface area (Å²) >= 11 is 5.85. The van der Waals surface area contributed by atoms with Crippen molar-refractivity contribution in [1.29, 1.82) is 0 Å². The Labute approximate surface area is 140 Å². The molecule has 0 saturated carbocycles. The average Bonchev–Trinajstić information content (AvgIpc) is 2.57. The second-order valence-electron chi connectivity index (χ2n) is 4.85. The zero-order valence-electron chi connectivity index (χ0n) is 12.9. The Morgan fingerprint density at radius 2 is 1.87 bits per heavy atom. The molecule has 1 heterocycles. The van der Waals surface area contributed by atoms with Crippen LogP contribution >= 0.6 is 11.6 Å². The fourth-order valence-corrected chi connectivity index (χ4v) is 2.00. The number of carbonyl (C=O) groups is 1. The summed E-state index contributed by atoms with van der Waals surface area (Å²) < 4.78 is 4.87. The molecule has 0 spiro atoms. The van der Waals surface area contributed by atoms with Gasteiger partial charge >= 0.3 is 0 Å². The first kappa shape index (κ1) is 17.2. The molecule has 0 fully saturated rings. The van der Waals surface area contributed by atoms with Gasteiger partial charge in [-0.15, -0.1) is 0 Å². The van der Waals surface area contributed by atoms with Crippen molar-refractivity contribution in [2.24, 2.45) is 0 Å². The maximum Gasteiger partial charge on any atom is 0.254 e. The number of ether oxygens (including phenoxy) is 1. The number of halogens is 1. The Morgan fingerprint density at radius 3 is 2.52 bits per heavy atom. The lowest BCUT2D eigenvalue weighted by molar-refractivity contribution is 0.0936. The predicted octanol–water partition coefficient (Wildman–Crippen LogP) is 2.16. The maximum atomic E-state index is 11.8. The number of nitrogens with zero attached hydrogens (tertiary/aromatic N) is 2. The molecule has 2 N–H and O–H groups in total. The highest BCUT2D eigenvalue weighted by Gasteiger charge is 2.06. The number of nitrogens with one attached hydrogen (secondary N) is 2. The molecule has 2 rings (SSSR count). The standard InChI is InChI=1S/C16H19ClN4O2/c1-23-9-8-18-15(22)13-10-20-16(21-11-13)19-7-6-12-2-4-14(17)5-3-12/h2-5,10-11H,6-9H2,1H3,(H,18,22)(H,19,20,21). The van der Waals surface area contributed by atoms with E-state index in [0.29, 0.717) is 31.2 Å². The molecule has 6 nitrogen and oxygen atoms in total. The van der Waals surface area contributed by atoms with Crippen molar-refractivity contribution < 1.29 is 9.53 Å². The van der Waals surface area contributed by atoms with Crippen LogP contribution in [0.25, 0.3) is 0 Å². The molecule has 0 aliphatic carbocycles. The summed E-state index contributed by atoms with van der Waals surface area (Å²) in [6.07, 6.45) is 3.83. The molecule has 23 heavy (non-hydrogen) atoms. The van der Waals surface area contributed by atoms with Gasteiger partial charge in [-0.05, 0) is 24.1 Å². The zero-order chi connectivity index (χ0) is 16.5. The number of carbonyl (C=O) groups excluding carboxylic acids is 1. The number of amides is 1. The van der Waals surface area contributed by atoms with E-state index in [1.807, 2.05) is 24.3 Å². The van der Waals surface area contributed by atoms with E-state index in [1.54, 1.807) is 7.11 Å². The van der Waals surface area contributed by atoms with Crippen molar-refractivity contribution in [3.63, 3.8) is 0 Å². The molecular weight excluding hydrogens is 316 g/mol. The Bertz CT molecular complexity index is 617. The molecule has 122 valence electrons. The van der Waals surface area contributed by atoms with Crippen LogP contribution in [0.1, 0.15) is 15.9 Å². The minimum Gasteiger partial charge on any atom is -0.383 e. The van der Waals surface area contributed by atoms with E-state index < -0.39 is 0 Å². The number of rotatable bonds is 8. The first-order valence-electron chi connectivity index (χ1n) is 7.26. The van der Waals surface area contributed by atoms with Gasteiger partial charge in [0.05, 0.1) is 12.2 Å². The van der Waals surface area contributed by atoms with Gasteiger partial charge < -0.3 is 15.4 Å². The molecule has 0 bridgehead atoms. The van der Waals surface area contributed by atoms with Crippen LogP contribution in [0.4, 0.5) is 5.95 Å². The molecule has 0 aliphatic heterocycles. The fraction of sp³-hybridized carbons (Fsp3) is 0.312. The summed E-state index contributed by atoms with van der Waals surface area (Å²) in [7, 11) is 1.58. The van der Waals surface area contributed by atoms with E-state index >= 15 is 0 Å². The van der Waals surface area contributed by atoms with Crippen LogP contribution in [0.2, 0.25) is 5.02 Å². The van der Waals surface area contributed by atoms with Gasteiger partial charge in [0, 0.05) is 37.6 Å². The normalized spacial score (nSPS) is 10.3. The average molecular weight is 335 g/mol. The zero-order valence-corrected chi connectivity index (χ0v) is 13.6. The van der Waals surface area contributed by atoms with E-state index in [0.717, 1.165) is 11.4 Å². The number of aromatic nitrogens is 2. The van der Waals surface area contributed by atoms with Gasteiger partial charge in [0.15, 0.2) is 0 Å². The van der Waals surface area contributed by atoms with E-state index in [2.05, 4.69) is 20.6 Å². The maximum absolute atomic E-state index is 11.8. The van der Waals surface area contributed by atoms with Gasteiger partial charge in [-0.25, -0.2) is 9.97 Å². The van der Waals surface area contributed by atoms with E-state index in [-0.39, 0.29) is 5.91 Å². The second-order valence-corrected chi connectivity index (χ2v) is 5.28. The van der Waals surface area contributed by atoms with Crippen LogP contribution in [0, 0.1) is 0 Å².